The third kappa shape index (κ3) is 1.40. The first-order valence-electron chi connectivity index (χ1n) is 5.17. The van der Waals surface area contributed by atoms with E-state index in [4.69, 9.17) is 5.73 Å². The Morgan fingerprint density at radius 1 is 1.47 bits per heavy atom. The summed E-state index contributed by atoms with van der Waals surface area (Å²) in [6, 6.07) is 6.14. The van der Waals surface area contributed by atoms with E-state index >= 15 is 0 Å². The van der Waals surface area contributed by atoms with Gasteiger partial charge in [-0.1, -0.05) is 6.07 Å². The van der Waals surface area contributed by atoms with Crippen LogP contribution in [0.3, 0.4) is 0 Å². The molecule has 0 aliphatic heterocycles. The van der Waals surface area contributed by atoms with E-state index in [-0.39, 0.29) is 0 Å². The molecule has 0 saturated heterocycles. The van der Waals surface area contributed by atoms with E-state index in [1.807, 2.05) is 12.1 Å². The predicted molar refractivity (Wildman–Crippen MR) is 62.8 cm³/mol. The van der Waals surface area contributed by atoms with Gasteiger partial charge in [-0.25, -0.2) is 4.98 Å². The number of nitrogens with zero attached hydrogens (tertiary/aromatic N) is 2. The van der Waals surface area contributed by atoms with Gasteiger partial charge in [-0.3, -0.25) is 4.40 Å². The lowest BCUT2D eigenvalue weighted by atomic mass is 10.3. The van der Waals surface area contributed by atoms with Gasteiger partial charge in [0.2, 0.25) is 0 Å². The summed E-state index contributed by atoms with van der Waals surface area (Å²) in [6.45, 7) is 0.507. The van der Waals surface area contributed by atoms with Crippen LogP contribution in [0.15, 0.2) is 22.8 Å². The second-order valence-corrected chi connectivity index (χ2v) is 4.78. The van der Waals surface area contributed by atoms with Crippen LogP contribution in [0, 0.1) is 0 Å². The number of rotatable bonds is 2. The molecule has 78 valence electrons. The third-order valence-electron chi connectivity index (χ3n) is 2.85. The van der Waals surface area contributed by atoms with Crippen LogP contribution >= 0.6 is 15.9 Å². The van der Waals surface area contributed by atoms with Gasteiger partial charge in [0.15, 0.2) is 0 Å². The second kappa shape index (κ2) is 3.32. The standard InChI is InChI=1S/C11H12BrN3/c12-10-3-1-2-9-8(6-13)14-11(15(9)10)7-4-5-7/h1-3,7H,4-6,13H2. The fraction of sp³-hybridized carbons (Fsp3) is 0.364. The summed E-state index contributed by atoms with van der Waals surface area (Å²) in [6.07, 6.45) is 2.51. The third-order valence-corrected chi connectivity index (χ3v) is 3.47. The van der Waals surface area contributed by atoms with Crippen LogP contribution in [0.2, 0.25) is 0 Å². The Bertz CT molecular complexity index is 514. The lowest BCUT2D eigenvalue weighted by molar-refractivity contribution is 0.894. The van der Waals surface area contributed by atoms with Crippen LogP contribution in [0.25, 0.3) is 5.52 Å². The van der Waals surface area contributed by atoms with Gasteiger partial charge in [-0.2, -0.15) is 0 Å². The van der Waals surface area contributed by atoms with Crippen molar-refractivity contribution >= 4 is 21.4 Å². The van der Waals surface area contributed by atoms with Gasteiger partial charge in [-0.05, 0) is 40.9 Å². The zero-order valence-electron chi connectivity index (χ0n) is 8.28. The molecular formula is C11H12BrN3. The number of halogens is 1. The number of nitrogens with two attached hydrogens (primary N) is 1. The molecule has 15 heavy (non-hydrogen) atoms. The molecule has 2 N–H and O–H groups in total. The molecule has 0 radical (unpaired) electrons. The van der Waals surface area contributed by atoms with Crippen molar-refractivity contribution in [2.45, 2.75) is 25.3 Å². The molecule has 4 heteroatoms. The van der Waals surface area contributed by atoms with Crippen LogP contribution in [-0.4, -0.2) is 9.38 Å². The average Bonchev–Trinajstić information content (AvgIpc) is 3.00. The molecule has 1 saturated carbocycles. The first-order valence-corrected chi connectivity index (χ1v) is 5.96. The lowest BCUT2D eigenvalue weighted by Crippen LogP contribution is -1.97. The van der Waals surface area contributed by atoms with Crippen molar-refractivity contribution < 1.29 is 0 Å². The zero-order valence-corrected chi connectivity index (χ0v) is 9.87. The molecule has 1 aliphatic carbocycles. The summed E-state index contributed by atoms with van der Waals surface area (Å²) in [5.74, 6) is 1.80. The molecule has 0 atom stereocenters. The molecule has 0 bridgehead atoms. The molecule has 0 unspecified atom stereocenters. The minimum Gasteiger partial charge on any atom is -0.325 e. The van der Waals surface area contributed by atoms with Gasteiger partial charge in [0.1, 0.15) is 5.82 Å². The van der Waals surface area contributed by atoms with E-state index in [0.717, 1.165) is 21.6 Å². The van der Waals surface area contributed by atoms with E-state index in [9.17, 15) is 0 Å². The largest absolute Gasteiger partial charge is 0.325 e. The molecule has 0 amide bonds. The normalized spacial score (nSPS) is 16.1. The number of aromatic nitrogens is 2. The highest BCUT2D eigenvalue weighted by molar-refractivity contribution is 9.10. The average molecular weight is 266 g/mol. The van der Waals surface area contributed by atoms with Gasteiger partial charge in [-0.15, -0.1) is 0 Å². The van der Waals surface area contributed by atoms with Crippen molar-refractivity contribution in [3.05, 3.63) is 34.3 Å². The smallest absolute Gasteiger partial charge is 0.117 e. The fourth-order valence-electron chi connectivity index (χ4n) is 1.95. The summed E-state index contributed by atoms with van der Waals surface area (Å²) in [5.41, 5.74) is 7.84. The molecule has 0 spiro atoms. The Morgan fingerprint density at radius 3 is 2.93 bits per heavy atom. The summed E-state index contributed by atoms with van der Waals surface area (Å²) in [4.78, 5) is 4.64. The minimum absolute atomic E-state index is 0.507. The minimum atomic E-state index is 0.507. The van der Waals surface area contributed by atoms with Crippen molar-refractivity contribution in [2.75, 3.05) is 0 Å². The van der Waals surface area contributed by atoms with E-state index in [0.29, 0.717) is 12.5 Å². The lowest BCUT2D eigenvalue weighted by Gasteiger charge is -2.01. The van der Waals surface area contributed by atoms with Crippen molar-refractivity contribution in [1.29, 1.82) is 0 Å². The summed E-state index contributed by atoms with van der Waals surface area (Å²) in [5, 5.41) is 0. The van der Waals surface area contributed by atoms with Crippen molar-refractivity contribution in [3.8, 4) is 0 Å². The second-order valence-electron chi connectivity index (χ2n) is 3.96. The zero-order chi connectivity index (χ0) is 10.4. The summed E-state index contributed by atoms with van der Waals surface area (Å²) in [7, 11) is 0. The Balaban J connectivity index is 2.34. The molecule has 3 rings (SSSR count). The quantitative estimate of drug-likeness (QED) is 0.848. The molecule has 2 heterocycles. The van der Waals surface area contributed by atoms with E-state index in [2.05, 4.69) is 31.4 Å². The van der Waals surface area contributed by atoms with Gasteiger partial charge >= 0.3 is 0 Å². The van der Waals surface area contributed by atoms with E-state index < -0.39 is 0 Å². The van der Waals surface area contributed by atoms with Crippen LogP contribution in [0.5, 0.6) is 0 Å². The van der Waals surface area contributed by atoms with Crippen LogP contribution in [-0.2, 0) is 6.54 Å². The predicted octanol–water partition coefficient (Wildman–Crippen LogP) is 2.43. The Hall–Kier alpha value is -0.870. The van der Waals surface area contributed by atoms with E-state index in [1.54, 1.807) is 0 Å². The van der Waals surface area contributed by atoms with Gasteiger partial charge < -0.3 is 5.73 Å². The summed E-state index contributed by atoms with van der Waals surface area (Å²) < 4.78 is 3.24. The Labute approximate surface area is 96.4 Å². The molecule has 1 fully saturated rings. The van der Waals surface area contributed by atoms with Gasteiger partial charge in [0.05, 0.1) is 15.8 Å². The van der Waals surface area contributed by atoms with Crippen LogP contribution in [0.1, 0.15) is 30.3 Å². The topological polar surface area (TPSA) is 43.3 Å². The monoisotopic (exact) mass is 265 g/mol. The number of pyridine rings is 1. The highest BCUT2D eigenvalue weighted by Crippen LogP contribution is 2.40. The first kappa shape index (κ1) is 9.36. The van der Waals surface area contributed by atoms with Crippen LogP contribution < -0.4 is 5.73 Å². The fourth-order valence-corrected chi connectivity index (χ4v) is 2.48. The number of hydrogen-bond acceptors (Lipinski definition) is 2. The van der Waals surface area contributed by atoms with Gasteiger partial charge in [0.25, 0.3) is 0 Å². The van der Waals surface area contributed by atoms with Crippen LogP contribution in [0.4, 0.5) is 0 Å². The van der Waals surface area contributed by atoms with Crippen molar-refractivity contribution in [3.63, 3.8) is 0 Å². The summed E-state index contributed by atoms with van der Waals surface area (Å²) >= 11 is 3.57. The number of hydrogen-bond donors (Lipinski definition) is 1. The van der Waals surface area contributed by atoms with Crippen molar-refractivity contribution in [2.24, 2.45) is 5.73 Å². The molecule has 2 aromatic heterocycles. The number of fused-ring (bicyclic) bond motifs is 1. The first-order chi connectivity index (χ1) is 7.31. The molecule has 2 aromatic rings. The van der Waals surface area contributed by atoms with Gasteiger partial charge in [0, 0.05) is 12.5 Å². The highest BCUT2D eigenvalue weighted by Gasteiger charge is 2.29. The maximum atomic E-state index is 5.71. The molecule has 0 aromatic carbocycles. The highest BCUT2D eigenvalue weighted by atomic mass is 79.9. The van der Waals surface area contributed by atoms with Crippen molar-refractivity contribution in [1.82, 2.24) is 9.38 Å². The Morgan fingerprint density at radius 2 is 2.27 bits per heavy atom. The molecule has 1 aliphatic rings. The maximum Gasteiger partial charge on any atom is 0.117 e. The van der Waals surface area contributed by atoms with E-state index in [1.165, 1.54) is 12.8 Å². The number of imidazole rings is 1. The molecular weight excluding hydrogens is 254 g/mol. The molecule has 3 nitrogen and oxygen atoms in total. The Kier molecular flexibility index (Phi) is 2.07. The maximum absolute atomic E-state index is 5.71. The SMILES string of the molecule is NCc1nc(C2CC2)n2c(Br)cccc12.